The molecular formula is C35H36O13. The normalized spacial score (nSPS) is 33.2. The minimum absolute atomic E-state index is 0.0389. The molecule has 0 spiro atoms. The molecule has 0 saturated carbocycles. The zero-order valence-electron chi connectivity index (χ0n) is 26.5. The van der Waals surface area contributed by atoms with Crippen molar-refractivity contribution in [2.75, 3.05) is 41.3 Å². The Bertz CT molecular complexity index is 1650. The van der Waals surface area contributed by atoms with Crippen molar-refractivity contribution in [2.24, 2.45) is 11.8 Å². The second kappa shape index (κ2) is 12.4. The van der Waals surface area contributed by atoms with Crippen LogP contribution in [0, 0.1) is 11.8 Å². The van der Waals surface area contributed by atoms with Gasteiger partial charge in [-0.1, -0.05) is 30.3 Å². The third kappa shape index (κ3) is 5.04. The van der Waals surface area contributed by atoms with E-state index in [1.807, 2.05) is 54.6 Å². The summed E-state index contributed by atoms with van der Waals surface area (Å²) in [6.07, 6.45) is -7.19. The summed E-state index contributed by atoms with van der Waals surface area (Å²) in [6, 6.07) is 16.7. The van der Waals surface area contributed by atoms with E-state index in [-0.39, 0.29) is 20.0 Å². The molecule has 2 N–H and O–H groups in total. The molecule has 0 radical (unpaired) electrons. The number of rotatable bonds is 7. The minimum Gasteiger partial charge on any atom is -0.493 e. The summed E-state index contributed by atoms with van der Waals surface area (Å²) in [6.45, 7) is 0.202. The highest BCUT2D eigenvalue weighted by atomic mass is 16.8. The van der Waals surface area contributed by atoms with Crippen molar-refractivity contribution in [3.63, 3.8) is 0 Å². The molecule has 1 aliphatic carbocycles. The van der Waals surface area contributed by atoms with Gasteiger partial charge in [0.2, 0.25) is 12.5 Å². The predicted molar refractivity (Wildman–Crippen MR) is 163 cm³/mol. The number of hydrogen-bond donors (Lipinski definition) is 2. The Morgan fingerprint density at radius 1 is 0.771 bits per heavy atom. The van der Waals surface area contributed by atoms with Gasteiger partial charge in [-0.05, 0) is 41.0 Å². The second-order valence-corrected chi connectivity index (χ2v) is 12.3. The van der Waals surface area contributed by atoms with Crippen LogP contribution >= 0.6 is 0 Å². The fourth-order valence-corrected chi connectivity index (χ4v) is 7.58. The Morgan fingerprint density at radius 3 is 2.17 bits per heavy atom. The van der Waals surface area contributed by atoms with Gasteiger partial charge >= 0.3 is 5.97 Å². The topological polar surface area (TPSA) is 150 Å². The predicted octanol–water partition coefficient (Wildman–Crippen LogP) is 2.99. The van der Waals surface area contributed by atoms with Gasteiger partial charge in [0.05, 0.1) is 46.6 Å². The molecule has 0 amide bonds. The van der Waals surface area contributed by atoms with Crippen LogP contribution in [0.1, 0.15) is 40.6 Å². The molecule has 0 aromatic heterocycles. The number of fused-ring (bicyclic) bond motifs is 4. The number of methoxy groups -OCH3 is 3. The Hall–Kier alpha value is -4.11. The first-order valence-electron chi connectivity index (χ1n) is 15.8. The summed E-state index contributed by atoms with van der Waals surface area (Å²) in [5, 5.41) is 22.6. The van der Waals surface area contributed by atoms with Crippen LogP contribution in [-0.2, 0) is 28.5 Å². The molecule has 4 aliphatic heterocycles. The van der Waals surface area contributed by atoms with Gasteiger partial charge in [0.1, 0.15) is 24.4 Å². The average Bonchev–Trinajstić information content (AvgIpc) is 3.75. The quantitative estimate of drug-likeness (QED) is 0.357. The van der Waals surface area contributed by atoms with Crippen molar-refractivity contribution in [3.8, 4) is 28.7 Å². The van der Waals surface area contributed by atoms with Gasteiger partial charge in [-0.15, -0.1) is 0 Å². The lowest BCUT2D eigenvalue weighted by Gasteiger charge is -2.48. The molecule has 3 fully saturated rings. The number of cyclic esters (lactones) is 1. The standard InChI is InChI=1S/C35H36O13/c1-39-23-9-17(10-24(40-2)31(23)41-3)26-18-11-21-22(45-15-44-21)12-19(18)30(20-13-42-33(38)27(20)26)47-35-29(37)28(36)32-25(46-35)14-43-34(48-32)16-7-5-4-6-8-16/h4-12,20,25-30,32,34-37H,13-15H2,1-3H3/t20-,25+,26+,27-,28+,29+,30-,32+,34?,35?/m0/s1. The lowest BCUT2D eigenvalue weighted by atomic mass is 9.66. The van der Waals surface area contributed by atoms with Gasteiger partial charge in [0.15, 0.2) is 35.6 Å². The maximum atomic E-state index is 13.6. The molecule has 5 aliphatic rings. The molecule has 10 atom stereocenters. The molecular weight excluding hydrogens is 628 g/mol. The smallest absolute Gasteiger partial charge is 0.310 e. The molecule has 3 aromatic carbocycles. The van der Waals surface area contributed by atoms with Crippen LogP contribution in [-0.4, -0.2) is 88.2 Å². The lowest BCUT2D eigenvalue weighted by molar-refractivity contribution is -0.369. The molecule has 2 unspecified atom stereocenters. The van der Waals surface area contributed by atoms with E-state index in [0.717, 1.165) is 16.7 Å². The molecule has 13 nitrogen and oxygen atoms in total. The van der Waals surface area contributed by atoms with Crippen LogP contribution in [0.4, 0.5) is 0 Å². The third-order valence-corrected chi connectivity index (χ3v) is 9.85. The molecule has 3 saturated heterocycles. The van der Waals surface area contributed by atoms with Crippen molar-refractivity contribution in [1.29, 1.82) is 0 Å². The Labute approximate surface area is 276 Å². The van der Waals surface area contributed by atoms with Crippen molar-refractivity contribution < 1.29 is 62.4 Å². The van der Waals surface area contributed by atoms with Gasteiger partial charge in [-0.3, -0.25) is 4.79 Å². The van der Waals surface area contributed by atoms with E-state index in [2.05, 4.69) is 0 Å². The van der Waals surface area contributed by atoms with Gasteiger partial charge in [-0.25, -0.2) is 0 Å². The van der Waals surface area contributed by atoms with Gasteiger partial charge in [0.25, 0.3) is 0 Å². The number of carbonyl (C=O) groups excluding carboxylic acids is 1. The summed E-state index contributed by atoms with van der Waals surface area (Å²) in [5.41, 5.74) is 2.95. The molecule has 254 valence electrons. The number of aliphatic hydroxyl groups excluding tert-OH is 2. The second-order valence-electron chi connectivity index (χ2n) is 12.3. The highest BCUT2D eigenvalue weighted by Crippen LogP contribution is 2.57. The van der Waals surface area contributed by atoms with E-state index in [1.165, 1.54) is 21.3 Å². The van der Waals surface area contributed by atoms with Crippen LogP contribution in [0.2, 0.25) is 0 Å². The highest BCUT2D eigenvalue weighted by molar-refractivity contribution is 5.79. The number of carbonyl (C=O) groups is 1. The van der Waals surface area contributed by atoms with E-state index in [9.17, 15) is 15.0 Å². The molecule has 0 bridgehead atoms. The SMILES string of the molecule is COc1cc([C@@H]2c3cc4c(cc3[C@H](OC3O[C@@H]5COC(c6ccccc6)O[C@H]5[C@H](O)[C@H]3O)[C@H]3COC(=O)[C@H]23)OCO4)cc(OC)c1OC. The fraction of sp³-hybridized carbons (Fsp3) is 0.457. The van der Waals surface area contributed by atoms with E-state index >= 15 is 0 Å². The molecule has 8 rings (SSSR count). The van der Waals surface area contributed by atoms with E-state index < -0.39 is 66.8 Å². The van der Waals surface area contributed by atoms with Crippen LogP contribution in [0.15, 0.2) is 54.6 Å². The summed E-state index contributed by atoms with van der Waals surface area (Å²) in [4.78, 5) is 13.6. The first-order chi connectivity index (χ1) is 23.4. The molecule has 48 heavy (non-hydrogen) atoms. The number of aliphatic hydroxyl groups is 2. The lowest BCUT2D eigenvalue weighted by Crippen LogP contribution is -2.62. The number of ether oxygens (including phenoxy) is 10. The largest absolute Gasteiger partial charge is 0.493 e. The Kier molecular flexibility index (Phi) is 8.06. The zero-order valence-corrected chi connectivity index (χ0v) is 26.5. The number of benzene rings is 3. The van der Waals surface area contributed by atoms with Gasteiger partial charge in [0, 0.05) is 17.4 Å². The van der Waals surface area contributed by atoms with Gasteiger partial charge < -0.3 is 57.6 Å². The molecule has 4 heterocycles. The summed E-state index contributed by atoms with van der Waals surface area (Å²) >= 11 is 0. The van der Waals surface area contributed by atoms with Crippen molar-refractivity contribution >= 4 is 5.97 Å². The number of hydrogen-bond acceptors (Lipinski definition) is 13. The first kappa shape index (κ1) is 31.2. The Morgan fingerprint density at radius 2 is 1.48 bits per heavy atom. The van der Waals surface area contributed by atoms with E-state index in [0.29, 0.717) is 34.3 Å². The maximum Gasteiger partial charge on any atom is 0.310 e. The van der Waals surface area contributed by atoms with Crippen LogP contribution < -0.4 is 23.7 Å². The highest BCUT2D eigenvalue weighted by Gasteiger charge is 2.56. The number of esters is 1. The maximum absolute atomic E-state index is 13.6. The van der Waals surface area contributed by atoms with Crippen molar-refractivity contribution in [1.82, 2.24) is 0 Å². The first-order valence-corrected chi connectivity index (χ1v) is 15.8. The van der Waals surface area contributed by atoms with Crippen LogP contribution in [0.25, 0.3) is 0 Å². The minimum atomic E-state index is -1.47. The monoisotopic (exact) mass is 664 g/mol. The Balaban J connectivity index is 1.15. The van der Waals surface area contributed by atoms with Crippen LogP contribution in [0.3, 0.4) is 0 Å². The summed E-state index contributed by atoms with van der Waals surface area (Å²) in [5.74, 6) is 0.203. The van der Waals surface area contributed by atoms with Crippen molar-refractivity contribution in [2.45, 2.75) is 49.0 Å². The zero-order chi connectivity index (χ0) is 33.1. The van der Waals surface area contributed by atoms with Crippen molar-refractivity contribution in [3.05, 3.63) is 76.9 Å². The molecule has 13 heteroatoms. The van der Waals surface area contributed by atoms with Crippen LogP contribution in [0.5, 0.6) is 28.7 Å². The fourth-order valence-electron chi connectivity index (χ4n) is 7.58. The summed E-state index contributed by atoms with van der Waals surface area (Å²) in [7, 11) is 4.59. The van der Waals surface area contributed by atoms with E-state index in [1.54, 1.807) is 0 Å². The molecule has 3 aromatic rings. The van der Waals surface area contributed by atoms with E-state index in [4.69, 9.17) is 47.4 Å². The third-order valence-electron chi connectivity index (χ3n) is 9.85. The van der Waals surface area contributed by atoms with Gasteiger partial charge in [-0.2, -0.15) is 0 Å². The average molecular weight is 665 g/mol. The summed E-state index contributed by atoms with van der Waals surface area (Å²) < 4.78 is 58.9.